The fourth-order valence-corrected chi connectivity index (χ4v) is 2.65. The van der Waals surface area contributed by atoms with Gasteiger partial charge in [0.2, 0.25) is 11.8 Å². The maximum Gasteiger partial charge on any atom is 0.406 e. The zero-order chi connectivity index (χ0) is 18.6. The van der Waals surface area contributed by atoms with Gasteiger partial charge in [-0.2, -0.15) is 13.2 Å². The molecule has 0 aromatic heterocycles. The first kappa shape index (κ1) is 18.8. The smallest absolute Gasteiger partial charge is 0.406 e. The van der Waals surface area contributed by atoms with Crippen molar-refractivity contribution in [2.75, 3.05) is 19.6 Å². The van der Waals surface area contributed by atoms with Crippen LogP contribution in [0.5, 0.6) is 0 Å². The summed E-state index contributed by atoms with van der Waals surface area (Å²) >= 11 is 0. The molecule has 1 aromatic carbocycles. The summed E-state index contributed by atoms with van der Waals surface area (Å²) in [6.07, 6.45) is -4.35. The molecule has 0 bridgehead atoms. The van der Waals surface area contributed by atoms with Crippen molar-refractivity contribution in [2.45, 2.75) is 19.0 Å². The number of benzene rings is 1. The van der Waals surface area contributed by atoms with Crippen LogP contribution in [0.15, 0.2) is 24.3 Å². The number of likely N-dealkylation sites (tertiary alicyclic amines) is 1. The summed E-state index contributed by atoms with van der Waals surface area (Å²) in [5, 5.41) is 11.5. The summed E-state index contributed by atoms with van der Waals surface area (Å²) in [6, 6.07) is 6.23. The molecule has 1 heterocycles. The Labute approximate surface area is 141 Å². The van der Waals surface area contributed by atoms with Crippen LogP contribution in [0, 0.1) is 5.92 Å². The molecule has 1 saturated heterocycles. The quantitative estimate of drug-likeness (QED) is 0.806. The third-order valence-electron chi connectivity index (χ3n) is 3.84. The van der Waals surface area contributed by atoms with Gasteiger partial charge in [0.15, 0.2) is 0 Å². The number of alkyl halides is 3. The Morgan fingerprint density at radius 3 is 2.68 bits per heavy atom. The van der Waals surface area contributed by atoms with Crippen LogP contribution in [-0.4, -0.2) is 53.6 Å². The van der Waals surface area contributed by atoms with Gasteiger partial charge in [0.25, 0.3) is 0 Å². The highest BCUT2D eigenvalue weighted by Crippen LogP contribution is 2.23. The molecule has 1 aliphatic heterocycles. The number of nitrogens with zero attached hydrogens (tertiary/aromatic N) is 1. The van der Waals surface area contributed by atoms with Crippen molar-refractivity contribution >= 4 is 17.8 Å². The minimum atomic E-state index is -4.49. The number of hydrogen-bond donors (Lipinski definition) is 2. The predicted molar refractivity (Wildman–Crippen MR) is 80.9 cm³/mol. The predicted octanol–water partition coefficient (Wildman–Crippen LogP) is 1.45. The minimum Gasteiger partial charge on any atom is -0.478 e. The standard InChI is InChI=1S/C16H17F3N2O4/c17-16(18,19)9-21-8-12(7-13(21)22)14(23)20-5-4-10-2-1-3-11(6-10)15(24)25/h1-3,6,12H,4-5,7-9H2,(H,20,23)(H,24,25)/t12-/m0/s1. The molecule has 6 nitrogen and oxygen atoms in total. The highest BCUT2D eigenvalue weighted by molar-refractivity contribution is 5.89. The molecule has 2 rings (SSSR count). The highest BCUT2D eigenvalue weighted by Gasteiger charge is 2.40. The maximum absolute atomic E-state index is 12.4. The lowest BCUT2D eigenvalue weighted by atomic mass is 10.1. The minimum absolute atomic E-state index is 0.132. The summed E-state index contributed by atoms with van der Waals surface area (Å²) in [6.45, 7) is -1.40. The van der Waals surface area contributed by atoms with Crippen molar-refractivity contribution in [3.05, 3.63) is 35.4 Å². The van der Waals surface area contributed by atoms with E-state index in [4.69, 9.17) is 5.11 Å². The molecular weight excluding hydrogens is 341 g/mol. The van der Waals surface area contributed by atoms with E-state index < -0.39 is 36.4 Å². The van der Waals surface area contributed by atoms with Gasteiger partial charge >= 0.3 is 12.1 Å². The van der Waals surface area contributed by atoms with Gasteiger partial charge < -0.3 is 15.3 Å². The molecule has 136 valence electrons. The van der Waals surface area contributed by atoms with Gasteiger partial charge in [-0.1, -0.05) is 12.1 Å². The zero-order valence-electron chi connectivity index (χ0n) is 13.2. The SMILES string of the molecule is O=C(O)c1cccc(CCNC(=O)[C@H]2CC(=O)N(CC(F)(F)F)C2)c1. The molecule has 9 heteroatoms. The molecule has 0 saturated carbocycles. The van der Waals surface area contributed by atoms with E-state index in [1.54, 1.807) is 12.1 Å². The largest absolute Gasteiger partial charge is 0.478 e. The highest BCUT2D eigenvalue weighted by atomic mass is 19.4. The van der Waals surface area contributed by atoms with Crippen LogP contribution < -0.4 is 5.32 Å². The topological polar surface area (TPSA) is 86.7 Å². The number of carbonyl (C=O) groups excluding carboxylic acids is 2. The number of carboxylic acids is 1. The summed E-state index contributed by atoms with van der Waals surface area (Å²) < 4.78 is 37.1. The molecule has 0 radical (unpaired) electrons. The van der Waals surface area contributed by atoms with Crippen molar-refractivity contribution in [1.82, 2.24) is 10.2 Å². The van der Waals surface area contributed by atoms with Gasteiger partial charge in [-0.05, 0) is 24.1 Å². The van der Waals surface area contributed by atoms with E-state index in [2.05, 4.69) is 5.32 Å². The number of amides is 2. The molecule has 1 atom stereocenters. The summed E-state index contributed by atoms with van der Waals surface area (Å²) in [4.78, 5) is 35.1. The molecule has 1 aromatic rings. The van der Waals surface area contributed by atoms with Crippen LogP contribution in [0.4, 0.5) is 13.2 Å². The Bertz CT molecular complexity index is 676. The fourth-order valence-electron chi connectivity index (χ4n) is 2.65. The Morgan fingerprint density at radius 2 is 2.04 bits per heavy atom. The molecule has 25 heavy (non-hydrogen) atoms. The summed E-state index contributed by atoms with van der Waals surface area (Å²) in [5.41, 5.74) is 0.842. The molecule has 2 amide bonds. The molecule has 1 aliphatic rings. The number of aromatic carboxylic acids is 1. The first-order valence-electron chi connectivity index (χ1n) is 7.60. The Balaban J connectivity index is 1.82. The number of carboxylic acid groups (broad SMARTS) is 1. The maximum atomic E-state index is 12.4. The number of nitrogens with one attached hydrogen (secondary N) is 1. The van der Waals surface area contributed by atoms with Crippen LogP contribution in [0.3, 0.4) is 0 Å². The fraction of sp³-hybridized carbons (Fsp3) is 0.438. The Morgan fingerprint density at radius 1 is 1.32 bits per heavy atom. The van der Waals surface area contributed by atoms with E-state index >= 15 is 0 Å². The molecule has 0 unspecified atom stereocenters. The zero-order valence-corrected chi connectivity index (χ0v) is 13.2. The van der Waals surface area contributed by atoms with Crippen LogP contribution in [0.2, 0.25) is 0 Å². The van der Waals surface area contributed by atoms with E-state index in [0.717, 1.165) is 0 Å². The van der Waals surface area contributed by atoms with E-state index in [-0.39, 0.29) is 25.1 Å². The molecule has 0 spiro atoms. The first-order chi connectivity index (χ1) is 11.7. The summed E-state index contributed by atoms with van der Waals surface area (Å²) in [7, 11) is 0. The number of halogens is 3. The third kappa shape index (κ3) is 5.47. The van der Waals surface area contributed by atoms with E-state index in [0.29, 0.717) is 16.9 Å². The molecular formula is C16H17F3N2O4. The lowest BCUT2D eigenvalue weighted by Crippen LogP contribution is -2.37. The van der Waals surface area contributed by atoms with Crippen molar-refractivity contribution in [1.29, 1.82) is 0 Å². The monoisotopic (exact) mass is 358 g/mol. The Hall–Kier alpha value is -2.58. The second-order valence-electron chi connectivity index (χ2n) is 5.84. The molecule has 2 N–H and O–H groups in total. The molecule has 1 fully saturated rings. The second-order valence-corrected chi connectivity index (χ2v) is 5.84. The van der Waals surface area contributed by atoms with Crippen LogP contribution >= 0.6 is 0 Å². The van der Waals surface area contributed by atoms with E-state index in [1.807, 2.05) is 0 Å². The van der Waals surface area contributed by atoms with E-state index in [1.165, 1.54) is 12.1 Å². The lowest BCUT2D eigenvalue weighted by molar-refractivity contribution is -0.157. The van der Waals surface area contributed by atoms with Gasteiger partial charge in [0.1, 0.15) is 6.54 Å². The second kappa shape index (κ2) is 7.54. The van der Waals surface area contributed by atoms with Gasteiger partial charge in [-0.25, -0.2) is 4.79 Å². The average Bonchev–Trinajstić information content (AvgIpc) is 2.86. The number of hydrogen-bond acceptors (Lipinski definition) is 3. The van der Waals surface area contributed by atoms with Gasteiger partial charge in [-0.3, -0.25) is 9.59 Å². The average molecular weight is 358 g/mol. The summed E-state index contributed by atoms with van der Waals surface area (Å²) in [5.74, 6) is -3.03. The normalized spacial score (nSPS) is 17.6. The van der Waals surface area contributed by atoms with Gasteiger partial charge in [0.05, 0.1) is 11.5 Å². The van der Waals surface area contributed by atoms with Crippen LogP contribution in [0.25, 0.3) is 0 Å². The van der Waals surface area contributed by atoms with Crippen molar-refractivity contribution in [2.24, 2.45) is 5.92 Å². The van der Waals surface area contributed by atoms with Gasteiger partial charge in [-0.15, -0.1) is 0 Å². The van der Waals surface area contributed by atoms with Crippen molar-refractivity contribution in [3.8, 4) is 0 Å². The van der Waals surface area contributed by atoms with Gasteiger partial charge in [0, 0.05) is 19.5 Å². The van der Waals surface area contributed by atoms with Crippen LogP contribution in [0.1, 0.15) is 22.3 Å². The number of carbonyl (C=O) groups is 3. The number of rotatable bonds is 6. The molecule has 0 aliphatic carbocycles. The van der Waals surface area contributed by atoms with Crippen molar-refractivity contribution < 1.29 is 32.7 Å². The van der Waals surface area contributed by atoms with Crippen molar-refractivity contribution in [3.63, 3.8) is 0 Å². The Kier molecular flexibility index (Phi) is 5.66. The van der Waals surface area contributed by atoms with Crippen LogP contribution in [-0.2, 0) is 16.0 Å². The lowest BCUT2D eigenvalue weighted by Gasteiger charge is -2.18. The third-order valence-corrected chi connectivity index (χ3v) is 3.84. The first-order valence-corrected chi connectivity index (χ1v) is 7.60. The van der Waals surface area contributed by atoms with E-state index in [9.17, 15) is 27.6 Å².